The first-order valence-corrected chi connectivity index (χ1v) is 7.50. The predicted molar refractivity (Wildman–Crippen MR) is 79.9 cm³/mol. The van der Waals surface area contributed by atoms with Gasteiger partial charge in [0.2, 0.25) is 5.91 Å². The van der Waals surface area contributed by atoms with E-state index in [9.17, 15) is 4.79 Å². The molecule has 19 heavy (non-hydrogen) atoms. The minimum absolute atomic E-state index is 0.0400. The number of nitrogens with zero attached hydrogens (tertiary/aromatic N) is 1. The second kappa shape index (κ2) is 6.01. The molecule has 0 radical (unpaired) electrons. The van der Waals surface area contributed by atoms with Crippen LogP contribution in [0, 0.1) is 12.3 Å². The summed E-state index contributed by atoms with van der Waals surface area (Å²) in [6.45, 7) is 2.37. The maximum Gasteiger partial charge on any atom is 0.231 e. The van der Waals surface area contributed by atoms with Crippen molar-refractivity contribution in [3.63, 3.8) is 0 Å². The molecule has 104 valence electrons. The lowest BCUT2D eigenvalue weighted by Gasteiger charge is -2.34. The van der Waals surface area contributed by atoms with Crippen molar-refractivity contribution in [1.29, 1.82) is 0 Å². The van der Waals surface area contributed by atoms with E-state index in [1.54, 1.807) is 6.20 Å². The number of rotatable bonds is 3. The summed E-state index contributed by atoms with van der Waals surface area (Å²) in [6, 6.07) is 1.92. The average molecular weight is 326 g/mol. The van der Waals surface area contributed by atoms with E-state index in [0.29, 0.717) is 6.54 Å². The molecule has 1 fully saturated rings. The normalized spacial score (nSPS) is 18.1. The Hall–Kier alpha value is -0.940. The number of aryl methyl sites for hydroxylation is 1. The maximum atomic E-state index is 12.5. The van der Waals surface area contributed by atoms with Gasteiger partial charge in [-0.2, -0.15) is 0 Å². The fourth-order valence-electron chi connectivity index (χ4n) is 2.64. The van der Waals surface area contributed by atoms with Crippen LogP contribution >= 0.6 is 15.9 Å². The molecule has 4 nitrogen and oxygen atoms in total. The lowest BCUT2D eigenvalue weighted by Crippen LogP contribution is -2.43. The number of hydrogen-bond acceptors (Lipinski definition) is 3. The Morgan fingerprint density at radius 2 is 2.16 bits per heavy atom. The summed E-state index contributed by atoms with van der Waals surface area (Å²) in [6.07, 6.45) is 6.82. The molecule has 1 saturated carbocycles. The number of nitrogens with two attached hydrogens (primary N) is 1. The third kappa shape index (κ3) is 3.15. The molecule has 1 heterocycles. The van der Waals surface area contributed by atoms with Crippen LogP contribution in [0.5, 0.6) is 0 Å². The Balaban J connectivity index is 2.12. The van der Waals surface area contributed by atoms with Gasteiger partial charge in [-0.3, -0.25) is 4.79 Å². The fraction of sp³-hybridized carbons (Fsp3) is 0.571. The van der Waals surface area contributed by atoms with E-state index in [1.807, 2.05) is 13.0 Å². The highest BCUT2D eigenvalue weighted by molar-refractivity contribution is 9.10. The minimum Gasteiger partial charge on any atom is -0.329 e. The number of carbonyl (C=O) groups is 1. The molecular formula is C14H20BrN3O. The van der Waals surface area contributed by atoms with E-state index in [-0.39, 0.29) is 11.3 Å². The standard InChI is InChI=1S/C14H20BrN3O/c1-10-7-11(8-17-12(10)15)18-13(19)14(9-16)5-3-2-4-6-14/h7-8H,2-6,9,16H2,1H3,(H,18,19). The molecule has 1 aliphatic rings. The van der Waals surface area contributed by atoms with E-state index in [4.69, 9.17) is 5.73 Å². The van der Waals surface area contributed by atoms with Crippen molar-refractivity contribution in [2.24, 2.45) is 11.1 Å². The first-order chi connectivity index (χ1) is 9.07. The van der Waals surface area contributed by atoms with Crippen molar-refractivity contribution in [3.8, 4) is 0 Å². The summed E-state index contributed by atoms with van der Waals surface area (Å²) in [7, 11) is 0. The zero-order valence-electron chi connectivity index (χ0n) is 11.2. The molecular weight excluding hydrogens is 306 g/mol. The third-order valence-corrected chi connectivity index (χ3v) is 4.79. The second-order valence-corrected chi connectivity index (χ2v) is 6.08. The van der Waals surface area contributed by atoms with Crippen LogP contribution in [-0.2, 0) is 4.79 Å². The van der Waals surface area contributed by atoms with Crippen LogP contribution in [0.15, 0.2) is 16.9 Å². The smallest absolute Gasteiger partial charge is 0.231 e. The fourth-order valence-corrected chi connectivity index (χ4v) is 2.86. The molecule has 0 saturated heterocycles. The van der Waals surface area contributed by atoms with Gasteiger partial charge in [-0.15, -0.1) is 0 Å². The zero-order chi connectivity index (χ0) is 13.9. The molecule has 0 spiro atoms. The Morgan fingerprint density at radius 3 is 2.74 bits per heavy atom. The van der Waals surface area contributed by atoms with Gasteiger partial charge in [0.1, 0.15) is 4.60 Å². The number of amides is 1. The number of nitrogens with one attached hydrogen (secondary N) is 1. The molecule has 0 atom stereocenters. The highest BCUT2D eigenvalue weighted by atomic mass is 79.9. The van der Waals surface area contributed by atoms with E-state index in [2.05, 4.69) is 26.2 Å². The van der Waals surface area contributed by atoms with Gasteiger partial charge < -0.3 is 11.1 Å². The van der Waals surface area contributed by atoms with Gasteiger partial charge in [-0.1, -0.05) is 19.3 Å². The lowest BCUT2D eigenvalue weighted by molar-refractivity contribution is -0.126. The molecule has 3 N–H and O–H groups in total. The summed E-state index contributed by atoms with van der Waals surface area (Å²) in [5.74, 6) is 0.0400. The summed E-state index contributed by atoms with van der Waals surface area (Å²) >= 11 is 3.35. The van der Waals surface area contributed by atoms with E-state index < -0.39 is 0 Å². The lowest BCUT2D eigenvalue weighted by atomic mass is 9.73. The quantitative estimate of drug-likeness (QED) is 0.839. The second-order valence-electron chi connectivity index (χ2n) is 5.33. The number of hydrogen-bond donors (Lipinski definition) is 2. The van der Waals surface area contributed by atoms with Crippen LogP contribution in [0.25, 0.3) is 0 Å². The predicted octanol–water partition coefficient (Wildman–Crippen LogP) is 3.00. The minimum atomic E-state index is -0.390. The number of carbonyl (C=O) groups excluding carboxylic acids is 1. The highest BCUT2D eigenvalue weighted by Gasteiger charge is 2.38. The Morgan fingerprint density at radius 1 is 1.47 bits per heavy atom. The summed E-state index contributed by atoms with van der Waals surface area (Å²) < 4.78 is 0.803. The first kappa shape index (κ1) is 14.5. The van der Waals surface area contributed by atoms with Crippen LogP contribution in [-0.4, -0.2) is 17.4 Å². The Bertz CT molecular complexity index is 470. The van der Waals surface area contributed by atoms with Gasteiger partial charge in [0.15, 0.2) is 0 Å². The molecule has 0 aromatic carbocycles. The van der Waals surface area contributed by atoms with Gasteiger partial charge in [0.25, 0.3) is 0 Å². The Kier molecular flexibility index (Phi) is 4.58. The molecule has 1 aromatic rings. The number of aromatic nitrogens is 1. The summed E-state index contributed by atoms with van der Waals surface area (Å²) in [5, 5.41) is 2.97. The molecule has 5 heteroatoms. The van der Waals surface area contributed by atoms with Crippen molar-refractivity contribution < 1.29 is 4.79 Å². The molecule has 0 bridgehead atoms. The van der Waals surface area contributed by atoms with Crippen molar-refractivity contribution in [2.45, 2.75) is 39.0 Å². The van der Waals surface area contributed by atoms with Gasteiger partial charge >= 0.3 is 0 Å². The van der Waals surface area contributed by atoms with Crippen molar-refractivity contribution >= 4 is 27.5 Å². The monoisotopic (exact) mass is 325 g/mol. The van der Waals surface area contributed by atoms with Crippen LogP contribution in [0.2, 0.25) is 0 Å². The topological polar surface area (TPSA) is 68.0 Å². The van der Waals surface area contributed by atoms with Gasteiger partial charge in [-0.25, -0.2) is 4.98 Å². The largest absolute Gasteiger partial charge is 0.329 e. The number of halogens is 1. The van der Waals surface area contributed by atoms with Crippen LogP contribution < -0.4 is 11.1 Å². The summed E-state index contributed by atoms with van der Waals surface area (Å²) in [4.78, 5) is 16.7. The molecule has 0 aliphatic heterocycles. The van der Waals surface area contributed by atoms with Crippen LogP contribution in [0.1, 0.15) is 37.7 Å². The maximum absolute atomic E-state index is 12.5. The third-order valence-electron chi connectivity index (χ3n) is 3.96. The molecule has 0 unspecified atom stereocenters. The van der Waals surface area contributed by atoms with Gasteiger partial charge in [0, 0.05) is 6.54 Å². The molecule has 1 aliphatic carbocycles. The number of anilines is 1. The van der Waals surface area contributed by atoms with E-state index >= 15 is 0 Å². The first-order valence-electron chi connectivity index (χ1n) is 6.71. The van der Waals surface area contributed by atoms with Crippen molar-refractivity contribution in [2.75, 3.05) is 11.9 Å². The number of pyridine rings is 1. The van der Waals surface area contributed by atoms with Crippen molar-refractivity contribution in [3.05, 3.63) is 22.4 Å². The molecule has 2 rings (SSSR count). The average Bonchev–Trinajstić information content (AvgIpc) is 2.43. The summed E-state index contributed by atoms with van der Waals surface area (Å²) in [5.41, 5.74) is 7.22. The zero-order valence-corrected chi connectivity index (χ0v) is 12.8. The SMILES string of the molecule is Cc1cc(NC(=O)C2(CN)CCCCC2)cnc1Br. The molecule has 1 aromatic heterocycles. The molecule has 1 amide bonds. The van der Waals surface area contributed by atoms with Crippen LogP contribution in [0.3, 0.4) is 0 Å². The highest BCUT2D eigenvalue weighted by Crippen LogP contribution is 2.36. The van der Waals surface area contributed by atoms with Gasteiger partial charge in [-0.05, 0) is 47.3 Å². The van der Waals surface area contributed by atoms with Gasteiger partial charge in [0.05, 0.1) is 17.3 Å². The van der Waals surface area contributed by atoms with Crippen molar-refractivity contribution in [1.82, 2.24) is 4.98 Å². The van der Waals surface area contributed by atoms with E-state index in [1.165, 1.54) is 6.42 Å². The Labute approximate surface area is 122 Å². The van der Waals surface area contributed by atoms with Crippen LogP contribution in [0.4, 0.5) is 5.69 Å². The van der Waals surface area contributed by atoms with E-state index in [0.717, 1.165) is 41.5 Å².